The Morgan fingerprint density at radius 3 is 2.23 bits per heavy atom. The molecule has 0 radical (unpaired) electrons. The van der Waals surface area contributed by atoms with Crippen LogP contribution in [0.15, 0.2) is 12.7 Å². The summed E-state index contributed by atoms with van der Waals surface area (Å²) in [5.74, 6) is -1.08. The summed E-state index contributed by atoms with van der Waals surface area (Å²) in [5, 5.41) is 12.5. The standard InChI is InChI=1S/C22H40N2O6Si/c1-8-11-22(18(25)26,23-19(27)30-21(2,3)4)16-17-9-12-24(13-10-17)20(28)29-14-15-31(5,6)7/h8,17H,1,9-16H2,2-7H3,(H,23,27)(H,25,26)/t22-/m0/s1. The fraction of sp³-hybridized carbons (Fsp3) is 0.773. The monoisotopic (exact) mass is 456 g/mol. The van der Waals surface area contributed by atoms with E-state index in [1.165, 1.54) is 6.08 Å². The Bertz CT molecular complexity index is 647. The number of carboxylic acids is 1. The summed E-state index contributed by atoms with van der Waals surface area (Å²) in [6.45, 7) is 17.0. The molecule has 2 amide bonds. The minimum atomic E-state index is -1.49. The number of hydrogen-bond donors (Lipinski definition) is 2. The number of hydrogen-bond acceptors (Lipinski definition) is 5. The molecule has 1 fully saturated rings. The number of carbonyl (C=O) groups is 3. The van der Waals surface area contributed by atoms with Crippen molar-refractivity contribution in [2.45, 2.75) is 83.3 Å². The van der Waals surface area contributed by atoms with Crippen molar-refractivity contribution in [1.82, 2.24) is 10.2 Å². The van der Waals surface area contributed by atoms with Gasteiger partial charge in [-0.2, -0.15) is 0 Å². The molecule has 31 heavy (non-hydrogen) atoms. The number of aliphatic carboxylic acids is 1. The first-order valence-corrected chi connectivity index (χ1v) is 14.7. The molecule has 1 saturated heterocycles. The van der Waals surface area contributed by atoms with E-state index in [1.54, 1.807) is 25.7 Å². The van der Waals surface area contributed by atoms with Gasteiger partial charge in [-0.1, -0.05) is 25.7 Å². The molecule has 178 valence electrons. The number of ether oxygens (including phenoxy) is 2. The fourth-order valence-electron chi connectivity index (χ4n) is 3.51. The van der Waals surface area contributed by atoms with E-state index >= 15 is 0 Å². The minimum absolute atomic E-state index is 0.0389. The van der Waals surface area contributed by atoms with Crippen molar-refractivity contribution in [3.63, 3.8) is 0 Å². The topological polar surface area (TPSA) is 105 Å². The third-order valence-corrected chi connectivity index (χ3v) is 6.93. The maximum Gasteiger partial charge on any atom is 0.409 e. The summed E-state index contributed by atoms with van der Waals surface area (Å²) in [5.41, 5.74) is -2.22. The van der Waals surface area contributed by atoms with Crippen LogP contribution in [0.3, 0.4) is 0 Å². The van der Waals surface area contributed by atoms with Gasteiger partial charge < -0.3 is 24.8 Å². The van der Waals surface area contributed by atoms with E-state index < -0.39 is 31.3 Å². The number of carbonyl (C=O) groups excluding carboxylic acids is 2. The van der Waals surface area contributed by atoms with Crippen LogP contribution in [0.4, 0.5) is 9.59 Å². The lowest BCUT2D eigenvalue weighted by molar-refractivity contribution is -0.145. The normalized spacial score (nSPS) is 17.4. The Hall–Kier alpha value is -2.03. The van der Waals surface area contributed by atoms with Crippen molar-refractivity contribution in [2.75, 3.05) is 19.7 Å². The second-order valence-corrected chi connectivity index (χ2v) is 16.2. The van der Waals surface area contributed by atoms with E-state index in [1.807, 2.05) is 0 Å². The average molecular weight is 457 g/mol. The van der Waals surface area contributed by atoms with Crippen molar-refractivity contribution in [2.24, 2.45) is 5.92 Å². The van der Waals surface area contributed by atoms with Crippen molar-refractivity contribution in [3.05, 3.63) is 12.7 Å². The van der Waals surface area contributed by atoms with Crippen LogP contribution in [-0.2, 0) is 14.3 Å². The first kappa shape index (κ1) is 27.0. The van der Waals surface area contributed by atoms with E-state index in [9.17, 15) is 19.5 Å². The number of carboxylic acid groups (broad SMARTS) is 1. The molecular weight excluding hydrogens is 416 g/mol. The van der Waals surface area contributed by atoms with Crippen LogP contribution in [0.5, 0.6) is 0 Å². The summed E-state index contributed by atoms with van der Waals surface area (Å²) >= 11 is 0. The Labute approximate surface area is 187 Å². The van der Waals surface area contributed by atoms with Crippen molar-refractivity contribution in [1.29, 1.82) is 0 Å². The number of amides is 2. The van der Waals surface area contributed by atoms with Crippen LogP contribution < -0.4 is 5.32 Å². The molecule has 1 heterocycles. The Morgan fingerprint density at radius 2 is 1.77 bits per heavy atom. The highest BCUT2D eigenvalue weighted by Gasteiger charge is 2.43. The van der Waals surface area contributed by atoms with E-state index in [0.29, 0.717) is 32.5 Å². The molecule has 0 spiro atoms. The second-order valence-electron chi connectivity index (χ2n) is 10.6. The highest BCUT2D eigenvalue weighted by atomic mass is 28.3. The van der Waals surface area contributed by atoms with E-state index in [4.69, 9.17) is 9.47 Å². The van der Waals surface area contributed by atoms with Gasteiger partial charge in [0.2, 0.25) is 0 Å². The maximum atomic E-state index is 12.3. The second kappa shape index (κ2) is 11.0. The summed E-state index contributed by atoms with van der Waals surface area (Å²) in [6, 6.07) is 0.925. The molecule has 0 aromatic heterocycles. The van der Waals surface area contributed by atoms with E-state index in [0.717, 1.165) is 6.04 Å². The van der Waals surface area contributed by atoms with Crippen molar-refractivity contribution >= 4 is 26.2 Å². The molecule has 0 unspecified atom stereocenters. The zero-order valence-corrected chi connectivity index (χ0v) is 21.0. The quantitative estimate of drug-likeness (QED) is 0.391. The predicted octanol–water partition coefficient (Wildman–Crippen LogP) is 4.49. The Balaban J connectivity index is 2.70. The molecule has 1 rings (SSSR count). The molecular formula is C22H40N2O6Si. The molecule has 0 aromatic rings. The molecule has 0 aliphatic carbocycles. The molecule has 8 nitrogen and oxygen atoms in total. The molecule has 1 aliphatic rings. The molecule has 0 bridgehead atoms. The maximum absolute atomic E-state index is 12.3. The highest BCUT2D eigenvalue weighted by molar-refractivity contribution is 6.76. The van der Waals surface area contributed by atoms with Gasteiger partial charge in [0, 0.05) is 21.2 Å². The smallest absolute Gasteiger partial charge is 0.409 e. The van der Waals surface area contributed by atoms with Gasteiger partial charge in [0.1, 0.15) is 11.1 Å². The van der Waals surface area contributed by atoms with Crippen LogP contribution in [-0.4, -0.2) is 67.1 Å². The molecule has 9 heteroatoms. The SMILES string of the molecule is C=CC[C@@](CC1CCN(C(=O)OCC[Si](C)(C)C)CC1)(NC(=O)OC(C)(C)C)C(=O)O. The fourth-order valence-corrected chi connectivity index (χ4v) is 4.22. The molecule has 1 atom stereocenters. The van der Waals surface area contributed by atoms with Gasteiger partial charge in [0.05, 0.1) is 6.61 Å². The van der Waals surface area contributed by atoms with Crippen molar-refractivity contribution in [3.8, 4) is 0 Å². The molecule has 1 aliphatic heterocycles. The van der Waals surface area contributed by atoms with Gasteiger partial charge in [-0.15, -0.1) is 6.58 Å². The van der Waals surface area contributed by atoms with Gasteiger partial charge >= 0.3 is 18.2 Å². The van der Waals surface area contributed by atoms with E-state index in [2.05, 4.69) is 31.5 Å². The molecule has 2 N–H and O–H groups in total. The number of nitrogens with one attached hydrogen (secondary N) is 1. The number of likely N-dealkylation sites (tertiary alicyclic amines) is 1. The number of nitrogens with zero attached hydrogens (tertiary/aromatic N) is 1. The lowest BCUT2D eigenvalue weighted by Gasteiger charge is -2.37. The predicted molar refractivity (Wildman–Crippen MR) is 123 cm³/mol. The van der Waals surface area contributed by atoms with Crippen LogP contribution in [0.2, 0.25) is 25.7 Å². The third kappa shape index (κ3) is 9.76. The summed E-state index contributed by atoms with van der Waals surface area (Å²) in [4.78, 5) is 38.5. The first-order chi connectivity index (χ1) is 14.2. The lowest BCUT2D eigenvalue weighted by atomic mass is 9.80. The Kier molecular flexibility index (Phi) is 9.60. The third-order valence-electron chi connectivity index (χ3n) is 5.23. The van der Waals surface area contributed by atoms with Crippen LogP contribution in [0.1, 0.15) is 46.5 Å². The van der Waals surface area contributed by atoms with Gasteiger partial charge in [-0.05, 0) is 58.4 Å². The minimum Gasteiger partial charge on any atom is -0.479 e. The number of piperidine rings is 1. The van der Waals surface area contributed by atoms with Crippen LogP contribution in [0.25, 0.3) is 0 Å². The number of rotatable bonds is 9. The summed E-state index contributed by atoms with van der Waals surface area (Å²) < 4.78 is 10.7. The average Bonchev–Trinajstić information content (AvgIpc) is 2.59. The van der Waals surface area contributed by atoms with Crippen molar-refractivity contribution < 1.29 is 29.0 Å². The number of alkyl carbamates (subject to hydrolysis) is 1. The van der Waals surface area contributed by atoms with Gasteiger partial charge in [-0.25, -0.2) is 14.4 Å². The Morgan fingerprint density at radius 1 is 1.19 bits per heavy atom. The van der Waals surface area contributed by atoms with E-state index in [-0.39, 0.29) is 24.9 Å². The van der Waals surface area contributed by atoms with Gasteiger partial charge in [0.25, 0.3) is 0 Å². The van der Waals surface area contributed by atoms with Gasteiger partial charge in [-0.3, -0.25) is 0 Å². The van der Waals surface area contributed by atoms with Gasteiger partial charge in [0.15, 0.2) is 0 Å². The lowest BCUT2D eigenvalue weighted by Crippen LogP contribution is -2.57. The van der Waals surface area contributed by atoms with Crippen LogP contribution >= 0.6 is 0 Å². The summed E-state index contributed by atoms with van der Waals surface area (Å²) in [6.07, 6.45) is 2.04. The highest BCUT2D eigenvalue weighted by Crippen LogP contribution is 2.30. The first-order valence-electron chi connectivity index (χ1n) is 10.9. The largest absolute Gasteiger partial charge is 0.479 e. The molecule has 0 saturated carbocycles. The summed E-state index contributed by atoms with van der Waals surface area (Å²) in [7, 11) is -1.26. The zero-order valence-electron chi connectivity index (χ0n) is 20.0. The molecule has 0 aromatic carbocycles. The zero-order chi connectivity index (χ0) is 23.9. The van der Waals surface area contributed by atoms with Crippen LogP contribution in [0, 0.1) is 5.92 Å².